The molecule has 0 spiro atoms. The summed E-state index contributed by atoms with van der Waals surface area (Å²) in [5, 5.41) is 0.933. The van der Waals surface area contributed by atoms with E-state index in [2.05, 4.69) is 4.98 Å². The molecule has 1 heterocycles. The molecule has 1 amide bonds. The molecule has 5 heteroatoms. The van der Waals surface area contributed by atoms with Crippen LogP contribution in [0.1, 0.15) is 16.7 Å². The zero-order valence-corrected chi connectivity index (χ0v) is 15.2. The number of aromatic nitrogens is 1. The standard InChI is InChI=1S/C21H22N2O3/c1-14-7-6-10-19(15(14)2)26-13-21(25)23(3)12-16-11-20(24)22-18-9-5-4-8-17(16)18/h4-11H,12-13H2,1-3H3,(H,22,24). The number of hydrogen-bond acceptors (Lipinski definition) is 3. The van der Waals surface area contributed by atoms with E-state index in [0.717, 1.165) is 27.6 Å². The van der Waals surface area contributed by atoms with E-state index < -0.39 is 0 Å². The number of H-pyrrole nitrogens is 1. The summed E-state index contributed by atoms with van der Waals surface area (Å²) in [6, 6.07) is 14.9. The fourth-order valence-electron chi connectivity index (χ4n) is 2.88. The van der Waals surface area contributed by atoms with E-state index in [9.17, 15) is 9.59 Å². The van der Waals surface area contributed by atoms with E-state index in [1.807, 2.05) is 56.3 Å². The lowest BCUT2D eigenvalue weighted by Crippen LogP contribution is -2.31. The van der Waals surface area contributed by atoms with Crippen LogP contribution in [-0.2, 0) is 11.3 Å². The minimum atomic E-state index is -0.175. The Balaban J connectivity index is 1.72. The van der Waals surface area contributed by atoms with Gasteiger partial charge in [0.2, 0.25) is 5.56 Å². The molecule has 0 aliphatic heterocycles. The summed E-state index contributed by atoms with van der Waals surface area (Å²) in [4.78, 5) is 28.7. The second-order valence-corrected chi connectivity index (χ2v) is 6.44. The predicted molar refractivity (Wildman–Crippen MR) is 102 cm³/mol. The minimum Gasteiger partial charge on any atom is -0.483 e. The molecule has 134 valence electrons. The van der Waals surface area contributed by atoms with Crippen LogP contribution in [0.5, 0.6) is 5.75 Å². The van der Waals surface area contributed by atoms with Crippen molar-refractivity contribution in [3.63, 3.8) is 0 Å². The maximum Gasteiger partial charge on any atom is 0.260 e. The molecule has 0 unspecified atom stereocenters. The molecule has 2 aromatic carbocycles. The Kier molecular flexibility index (Phi) is 5.07. The van der Waals surface area contributed by atoms with E-state index in [1.165, 1.54) is 6.07 Å². The largest absolute Gasteiger partial charge is 0.483 e. The highest BCUT2D eigenvalue weighted by molar-refractivity contribution is 5.83. The molecule has 0 bridgehead atoms. The van der Waals surface area contributed by atoms with Gasteiger partial charge in [0.05, 0.1) is 0 Å². The first-order valence-corrected chi connectivity index (χ1v) is 8.49. The molecule has 0 fully saturated rings. The van der Waals surface area contributed by atoms with Gasteiger partial charge in [-0.15, -0.1) is 0 Å². The summed E-state index contributed by atoms with van der Waals surface area (Å²) in [7, 11) is 1.71. The molecular weight excluding hydrogens is 328 g/mol. The SMILES string of the molecule is Cc1cccc(OCC(=O)N(C)Cc2cc(=O)[nH]c3ccccc23)c1C. The number of aryl methyl sites for hydroxylation is 1. The number of pyridine rings is 1. The van der Waals surface area contributed by atoms with Crippen molar-refractivity contribution in [2.45, 2.75) is 20.4 Å². The fourth-order valence-corrected chi connectivity index (χ4v) is 2.88. The van der Waals surface area contributed by atoms with Crippen molar-refractivity contribution in [3.8, 4) is 5.75 Å². The molecule has 0 saturated carbocycles. The van der Waals surface area contributed by atoms with E-state index >= 15 is 0 Å². The van der Waals surface area contributed by atoms with Gasteiger partial charge < -0.3 is 14.6 Å². The van der Waals surface area contributed by atoms with Crippen LogP contribution in [-0.4, -0.2) is 29.4 Å². The van der Waals surface area contributed by atoms with Crippen molar-refractivity contribution in [2.24, 2.45) is 0 Å². The van der Waals surface area contributed by atoms with Gasteiger partial charge in [0.1, 0.15) is 5.75 Å². The predicted octanol–water partition coefficient (Wildman–Crippen LogP) is 3.18. The topological polar surface area (TPSA) is 62.4 Å². The summed E-state index contributed by atoms with van der Waals surface area (Å²) in [5.41, 5.74) is 3.56. The Hall–Kier alpha value is -3.08. The van der Waals surface area contributed by atoms with E-state index in [4.69, 9.17) is 4.74 Å². The average molecular weight is 350 g/mol. The van der Waals surface area contributed by atoms with Gasteiger partial charge in [0.25, 0.3) is 5.91 Å². The number of carbonyl (C=O) groups excluding carboxylic acids is 1. The Labute approximate surface area is 152 Å². The number of nitrogens with one attached hydrogen (secondary N) is 1. The lowest BCUT2D eigenvalue weighted by Gasteiger charge is -2.19. The van der Waals surface area contributed by atoms with Gasteiger partial charge in [-0.3, -0.25) is 9.59 Å². The summed E-state index contributed by atoms with van der Waals surface area (Å²) >= 11 is 0. The lowest BCUT2D eigenvalue weighted by molar-refractivity contribution is -0.132. The molecular formula is C21H22N2O3. The molecule has 26 heavy (non-hydrogen) atoms. The molecule has 3 rings (SSSR count). The number of likely N-dealkylation sites (N-methyl/N-ethyl adjacent to an activating group) is 1. The first-order valence-electron chi connectivity index (χ1n) is 8.49. The Morgan fingerprint density at radius 1 is 1.12 bits per heavy atom. The second-order valence-electron chi connectivity index (χ2n) is 6.44. The van der Waals surface area contributed by atoms with E-state index in [-0.39, 0.29) is 18.1 Å². The molecule has 0 radical (unpaired) electrons. The molecule has 0 atom stereocenters. The summed E-state index contributed by atoms with van der Waals surface area (Å²) in [6.45, 7) is 4.29. The Bertz CT molecular complexity index is 1010. The van der Waals surface area contributed by atoms with Crippen LogP contribution >= 0.6 is 0 Å². The van der Waals surface area contributed by atoms with E-state index in [0.29, 0.717) is 12.3 Å². The van der Waals surface area contributed by atoms with Gasteiger partial charge in [0.15, 0.2) is 6.61 Å². The van der Waals surface area contributed by atoms with Crippen molar-refractivity contribution in [3.05, 3.63) is 75.6 Å². The normalized spacial score (nSPS) is 10.7. The van der Waals surface area contributed by atoms with Crippen molar-refractivity contribution in [2.75, 3.05) is 13.7 Å². The third kappa shape index (κ3) is 3.77. The number of ether oxygens (including phenoxy) is 1. The minimum absolute atomic E-state index is 0.0398. The van der Waals surface area contributed by atoms with Crippen molar-refractivity contribution in [1.82, 2.24) is 9.88 Å². The van der Waals surface area contributed by atoms with Gasteiger partial charge >= 0.3 is 0 Å². The van der Waals surface area contributed by atoms with Gasteiger partial charge in [-0.05, 0) is 42.7 Å². The quantitative estimate of drug-likeness (QED) is 0.769. The molecule has 5 nitrogen and oxygen atoms in total. The number of aromatic amines is 1. The number of benzene rings is 2. The maximum atomic E-state index is 12.5. The maximum absolute atomic E-state index is 12.5. The van der Waals surface area contributed by atoms with Crippen LogP contribution in [0.4, 0.5) is 0 Å². The summed E-state index contributed by atoms with van der Waals surface area (Å²) in [5.74, 6) is 0.573. The molecule has 0 aliphatic carbocycles. The van der Waals surface area contributed by atoms with E-state index in [1.54, 1.807) is 11.9 Å². The van der Waals surface area contributed by atoms with Crippen molar-refractivity contribution >= 4 is 16.8 Å². The Morgan fingerprint density at radius 2 is 1.88 bits per heavy atom. The van der Waals surface area contributed by atoms with Crippen LogP contribution in [0, 0.1) is 13.8 Å². The highest BCUT2D eigenvalue weighted by Crippen LogP contribution is 2.21. The summed E-state index contributed by atoms with van der Waals surface area (Å²) < 4.78 is 5.69. The monoisotopic (exact) mass is 350 g/mol. The number of para-hydroxylation sites is 1. The second kappa shape index (κ2) is 7.44. The lowest BCUT2D eigenvalue weighted by atomic mass is 10.1. The zero-order chi connectivity index (χ0) is 18.7. The van der Waals surface area contributed by atoms with Gasteiger partial charge in [-0.2, -0.15) is 0 Å². The Morgan fingerprint density at radius 3 is 2.69 bits per heavy atom. The van der Waals surface area contributed by atoms with Gasteiger partial charge in [-0.1, -0.05) is 30.3 Å². The number of amides is 1. The first-order chi connectivity index (χ1) is 12.5. The zero-order valence-electron chi connectivity index (χ0n) is 15.2. The number of carbonyl (C=O) groups is 1. The number of hydrogen-bond donors (Lipinski definition) is 1. The van der Waals surface area contributed by atoms with Crippen LogP contribution in [0.25, 0.3) is 10.9 Å². The van der Waals surface area contributed by atoms with Crippen LogP contribution < -0.4 is 10.3 Å². The summed E-state index contributed by atoms with van der Waals surface area (Å²) in [6.07, 6.45) is 0. The molecule has 3 aromatic rings. The van der Waals surface area contributed by atoms with Gasteiger partial charge in [-0.25, -0.2) is 0 Å². The average Bonchev–Trinajstić information content (AvgIpc) is 2.62. The molecule has 1 aromatic heterocycles. The third-order valence-electron chi connectivity index (χ3n) is 4.58. The smallest absolute Gasteiger partial charge is 0.260 e. The fraction of sp³-hybridized carbons (Fsp3) is 0.238. The van der Waals surface area contributed by atoms with Crippen LogP contribution in [0.2, 0.25) is 0 Å². The number of rotatable bonds is 5. The van der Waals surface area contributed by atoms with Crippen LogP contribution in [0.15, 0.2) is 53.3 Å². The number of nitrogens with zero attached hydrogens (tertiary/aromatic N) is 1. The molecule has 0 aliphatic rings. The molecule has 1 N–H and O–H groups in total. The third-order valence-corrected chi connectivity index (χ3v) is 4.58. The van der Waals surface area contributed by atoms with Crippen molar-refractivity contribution in [1.29, 1.82) is 0 Å². The van der Waals surface area contributed by atoms with Gasteiger partial charge in [0, 0.05) is 30.6 Å². The molecule has 0 saturated heterocycles. The van der Waals surface area contributed by atoms with Crippen LogP contribution in [0.3, 0.4) is 0 Å². The number of fused-ring (bicyclic) bond motifs is 1. The highest BCUT2D eigenvalue weighted by atomic mass is 16.5. The van der Waals surface area contributed by atoms with Crippen molar-refractivity contribution < 1.29 is 9.53 Å². The highest BCUT2D eigenvalue weighted by Gasteiger charge is 2.13. The first kappa shape index (κ1) is 17.7.